The Kier molecular flexibility index (Phi) is 6.70. The molecule has 0 aliphatic carbocycles. The van der Waals surface area contributed by atoms with Gasteiger partial charge in [-0.15, -0.1) is 0 Å². The van der Waals surface area contributed by atoms with E-state index >= 15 is 0 Å². The van der Waals surface area contributed by atoms with Gasteiger partial charge in [-0.2, -0.15) is 0 Å². The van der Waals surface area contributed by atoms with Gasteiger partial charge in [0.25, 0.3) is 0 Å². The number of anilines is 2. The summed E-state index contributed by atoms with van der Waals surface area (Å²) >= 11 is 11.5. The Morgan fingerprint density at radius 2 is 1.79 bits per heavy atom. The van der Waals surface area contributed by atoms with Crippen LogP contribution in [0.25, 0.3) is 0 Å². The molecule has 0 bridgehead atoms. The summed E-state index contributed by atoms with van der Waals surface area (Å²) < 4.78 is 11.2. The lowest BCUT2D eigenvalue weighted by atomic mass is 10.2. The van der Waals surface area contributed by atoms with E-state index in [1.165, 1.54) is 0 Å². The molecule has 24 heavy (non-hydrogen) atoms. The molecule has 0 unspecified atom stereocenters. The van der Waals surface area contributed by atoms with Gasteiger partial charge in [-0.3, -0.25) is 0 Å². The highest BCUT2D eigenvalue weighted by molar-refractivity contribution is 7.80. The van der Waals surface area contributed by atoms with Crippen LogP contribution in [0.3, 0.4) is 0 Å². The van der Waals surface area contributed by atoms with E-state index in [0.717, 1.165) is 22.7 Å². The third-order valence-electron chi connectivity index (χ3n) is 3.24. The average molecular weight is 365 g/mol. The minimum atomic E-state index is 0.449. The summed E-state index contributed by atoms with van der Waals surface area (Å²) in [7, 11) is 0. The minimum Gasteiger partial charge on any atom is -0.494 e. The summed E-state index contributed by atoms with van der Waals surface area (Å²) in [6.07, 6.45) is 0. The molecule has 0 heterocycles. The summed E-state index contributed by atoms with van der Waals surface area (Å²) in [6.45, 7) is 6.99. The largest absolute Gasteiger partial charge is 0.494 e. The second kappa shape index (κ2) is 8.76. The molecular formula is C18H21ClN2O2S. The van der Waals surface area contributed by atoms with Crippen molar-refractivity contribution in [3.63, 3.8) is 0 Å². The van der Waals surface area contributed by atoms with E-state index in [1.54, 1.807) is 0 Å². The van der Waals surface area contributed by atoms with Crippen molar-refractivity contribution < 1.29 is 9.47 Å². The summed E-state index contributed by atoms with van der Waals surface area (Å²) in [5.74, 6) is 1.47. The number of rotatable bonds is 6. The van der Waals surface area contributed by atoms with Gasteiger partial charge in [-0.25, -0.2) is 0 Å². The van der Waals surface area contributed by atoms with E-state index in [2.05, 4.69) is 10.6 Å². The van der Waals surface area contributed by atoms with Crippen molar-refractivity contribution >= 4 is 40.3 Å². The van der Waals surface area contributed by atoms with E-state index in [4.69, 9.17) is 33.3 Å². The first-order valence-electron chi connectivity index (χ1n) is 7.77. The van der Waals surface area contributed by atoms with Crippen molar-refractivity contribution in [2.45, 2.75) is 20.8 Å². The van der Waals surface area contributed by atoms with Crippen molar-refractivity contribution in [2.75, 3.05) is 23.8 Å². The lowest BCUT2D eigenvalue weighted by molar-refractivity contribution is 0.332. The minimum absolute atomic E-state index is 0.449. The zero-order valence-corrected chi connectivity index (χ0v) is 15.6. The fourth-order valence-electron chi connectivity index (χ4n) is 2.10. The number of hydrogen-bond donors (Lipinski definition) is 2. The predicted molar refractivity (Wildman–Crippen MR) is 105 cm³/mol. The lowest BCUT2D eigenvalue weighted by Crippen LogP contribution is -2.19. The van der Waals surface area contributed by atoms with E-state index < -0.39 is 0 Å². The smallest absolute Gasteiger partial charge is 0.175 e. The maximum Gasteiger partial charge on any atom is 0.175 e. The molecule has 0 saturated heterocycles. The van der Waals surface area contributed by atoms with Crippen LogP contribution < -0.4 is 20.1 Å². The lowest BCUT2D eigenvalue weighted by Gasteiger charge is -2.16. The molecule has 0 radical (unpaired) electrons. The molecule has 0 atom stereocenters. The van der Waals surface area contributed by atoms with Gasteiger partial charge >= 0.3 is 0 Å². The first-order valence-corrected chi connectivity index (χ1v) is 8.56. The fourth-order valence-corrected chi connectivity index (χ4v) is 2.51. The summed E-state index contributed by atoms with van der Waals surface area (Å²) in [6, 6.07) is 11.3. The number of hydrogen-bond acceptors (Lipinski definition) is 3. The third kappa shape index (κ3) is 5.01. The molecule has 128 valence electrons. The van der Waals surface area contributed by atoms with Crippen molar-refractivity contribution in [2.24, 2.45) is 0 Å². The molecular weight excluding hydrogens is 344 g/mol. The zero-order chi connectivity index (χ0) is 17.5. The number of nitrogens with one attached hydrogen (secondary N) is 2. The van der Waals surface area contributed by atoms with Crippen LogP contribution in [0.15, 0.2) is 36.4 Å². The SMILES string of the molecule is CCOc1ccc(OCC)c(NC(=S)Nc2ccc(C)c(Cl)c2)c1. The molecule has 4 nitrogen and oxygen atoms in total. The third-order valence-corrected chi connectivity index (χ3v) is 3.85. The Bertz CT molecular complexity index is 722. The summed E-state index contributed by atoms with van der Waals surface area (Å²) in [5.41, 5.74) is 2.59. The fraction of sp³-hybridized carbons (Fsp3) is 0.278. The van der Waals surface area contributed by atoms with Crippen LogP contribution in [0.4, 0.5) is 11.4 Å². The zero-order valence-electron chi connectivity index (χ0n) is 14.0. The average Bonchev–Trinajstić information content (AvgIpc) is 2.54. The normalized spacial score (nSPS) is 10.2. The van der Waals surface area contributed by atoms with E-state index in [-0.39, 0.29) is 0 Å². The Morgan fingerprint density at radius 3 is 2.46 bits per heavy atom. The van der Waals surface area contributed by atoms with E-state index in [1.807, 2.05) is 57.2 Å². The molecule has 0 aromatic heterocycles. The molecule has 0 aliphatic heterocycles. The molecule has 2 N–H and O–H groups in total. The van der Waals surface area contributed by atoms with Crippen molar-refractivity contribution in [3.8, 4) is 11.5 Å². The number of halogens is 1. The van der Waals surface area contributed by atoms with Gasteiger partial charge < -0.3 is 20.1 Å². The molecule has 2 aromatic carbocycles. The Balaban J connectivity index is 2.13. The number of ether oxygens (including phenoxy) is 2. The molecule has 0 fully saturated rings. The van der Waals surface area contributed by atoms with Crippen molar-refractivity contribution in [3.05, 3.63) is 47.0 Å². The highest BCUT2D eigenvalue weighted by atomic mass is 35.5. The van der Waals surface area contributed by atoms with Crippen LogP contribution in [0, 0.1) is 6.92 Å². The topological polar surface area (TPSA) is 42.5 Å². The van der Waals surface area contributed by atoms with Crippen LogP contribution in [0.5, 0.6) is 11.5 Å². The van der Waals surface area contributed by atoms with E-state index in [9.17, 15) is 0 Å². The molecule has 2 rings (SSSR count). The second-order valence-electron chi connectivity index (χ2n) is 5.07. The molecule has 2 aromatic rings. The van der Waals surface area contributed by atoms with Crippen LogP contribution >= 0.6 is 23.8 Å². The van der Waals surface area contributed by atoms with Crippen LogP contribution in [0.1, 0.15) is 19.4 Å². The molecule has 0 spiro atoms. The van der Waals surface area contributed by atoms with Gasteiger partial charge in [0, 0.05) is 16.8 Å². The Morgan fingerprint density at radius 1 is 1.04 bits per heavy atom. The van der Waals surface area contributed by atoms with Crippen molar-refractivity contribution in [1.82, 2.24) is 0 Å². The summed E-state index contributed by atoms with van der Waals surface area (Å²) in [5, 5.41) is 7.41. The van der Waals surface area contributed by atoms with Crippen LogP contribution in [-0.4, -0.2) is 18.3 Å². The van der Waals surface area contributed by atoms with Gasteiger partial charge in [0.05, 0.1) is 18.9 Å². The maximum absolute atomic E-state index is 6.14. The van der Waals surface area contributed by atoms with Crippen LogP contribution in [0.2, 0.25) is 5.02 Å². The monoisotopic (exact) mass is 364 g/mol. The molecule has 0 amide bonds. The first-order chi connectivity index (χ1) is 11.5. The highest BCUT2D eigenvalue weighted by Gasteiger charge is 2.08. The van der Waals surface area contributed by atoms with Gasteiger partial charge in [0.2, 0.25) is 0 Å². The van der Waals surface area contributed by atoms with Gasteiger partial charge in [0.1, 0.15) is 11.5 Å². The quantitative estimate of drug-likeness (QED) is 0.685. The molecule has 0 aliphatic rings. The standard InChI is InChI=1S/C18H21ClN2O2S/c1-4-22-14-8-9-17(23-5-2)16(11-14)21-18(24)20-13-7-6-12(3)15(19)10-13/h6-11H,4-5H2,1-3H3,(H2,20,21,24). The highest BCUT2D eigenvalue weighted by Crippen LogP contribution is 2.30. The Labute approximate surface area is 153 Å². The second-order valence-corrected chi connectivity index (χ2v) is 5.88. The number of aryl methyl sites for hydroxylation is 1. The molecule has 6 heteroatoms. The van der Waals surface area contributed by atoms with Gasteiger partial charge in [-0.05, 0) is 62.8 Å². The van der Waals surface area contributed by atoms with Crippen LogP contribution in [-0.2, 0) is 0 Å². The summed E-state index contributed by atoms with van der Waals surface area (Å²) in [4.78, 5) is 0. The number of thiocarbonyl (C=S) groups is 1. The van der Waals surface area contributed by atoms with Gasteiger partial charge in [-0.1, -0.05) is 17.7 Å². The van der Waals surface area contributed by atoms with Crippen molar-refractivity contribution in [1.29, 1.82) is 0 Å². The molecule has 0 saturated carbocycles. The Hall–Kier alpha value is -1.98. The van der Waals surface area contributed by atoms with Gasteiger partial charge in [0.15, 0.2) is 5.11 Å². The number of benzene rings is 2. The predicted octanol–water partition coefficient (Wildman–Crippen LogP) is 5.25. The first kappa shape index (κ1) is 18.4. The van der Waals surface area contributed by atoms with E-state index in [0.29, 0.717) is 29.1 Å². The maximum atomic E-state index is 6.14.